The second-order valence-electron chi connectivity index (χ2n) is 13.8. The van der Waals surface area contributed by atoms with E-state index in [4.69, 9.17) is 29.4 Å². The molecular formula is C38H60N6O9. The van der Waals surface area contributed by atoms with Crippen molar-refractivity contribution in [3.63, 3.8) is 0 Å². The summed E-state index contributed by atoms with van der Waals surface area (Å²) in [6, 6.07) is -4.24. The summed E-state index contributed by atoms with van der Waals surface area (Å²) in [5, 5.41) is 19.3. The molecule has 15 heteroatoms. The number of carboxylic acids is 1. The number of unbranched alkanes of at least 4 members (excludes halogenated alkanes) is 2. The molecule has 0 unspecified atom stereocenters. The number of hydrogen-bond donors (Lipinski definition) is 7. The number of terminal acetylenes is 2. The minimum absolute atomic E-state index is 0.0975. The Bertz CT molecular complexity index is 1350. The fourth-order valence-corrected chi connectivity index (χ4v) is 5.23. The molecule has 0 saturated heterocycles. The molecule has 9 N–H and O–H groups in total. The maximum Gasteiger partial charge on any atom is 0.325 e. The number of amides is 4. The summed E-state index contributed by atoms with van der Waals surface area (Å²) in [6.07, 6.45) is 12.7. The van der Waals surface area contributed by atoms with Crippen LogP contribution in [0.3, 0.4) is 0 Å². The Morgan fingerprint density at radius 3 is 1.58 bits per heavy atom. The van der Waals surface area contributed by atoms with Crippen LogP contribution in [-0.4, -0.2) is 89.3 Å². The summed E-state index contributed by atoms with van der Waals surface area (Å²) >= 11 is 0. The number of rotatable bonds is 28. The first-order chi connectivity index (χ1) is 24.9. The van der Waals surface area contributed by atoms with Crippen molar-refractivity contribution < 1.29 is 43.5 Å². The lowest BCUT2D eigenvalue weighted by atomic mass is 9.90. The lowest BCUT2D eigenvalue weighted by molar-refractivity contribution is -0.142. The first-order valence-corrected chi connectivity index (χ1v) is 18.2. The first kappa shape index (κ1) is 48.4. The third-order valence-corrected chi connectivity index (χ3v) is 8.74. The van der Waals surface area contributed by atoms with Crippen LogP contribution in [0.2, 0.25) is 0 Å². The molecule has 0 saturated carbocycles. The number of Topliss-reactive ketones (excluding diaryl/α,β-unsaturated/α-hetero) is 3. The van der Waals surface area contributed by atoms with Crippen LogP contribution in [0.4, 0.5) is 0 Å². The summed E-state index contributed by atoms with van der Waals surface area (Å²) < 4.78 is 0. The number of carbonyl (C=O) groups excluding carboxylic acids is 7. The van der Waals surface area contributed by atoms with Crippen molar-refractivity contribution in [2.75, 3.05) is 13.1 Å². The summed E-state index contributed by atoms with van der Waals surface area (Å²) in [5.74, 6) is -3.31. The van der Waals surface area contributed by atoms with Crippen molar-refractivity contribution >= 4 is 46.9 Å². The highest BCUT2D eigenvalue weighted by Gasteiger charge is 2.32. The van der Waals surface area contributed by atoms with Gasteiger partial charge in [-0.05, 0) is 59.0 Å². The van der Waals surface area contributed by atoms with Gasteiger partial charge in [0.25, 0.3) is 0 Å². The van der Waals surface area contributed by atoms with Gasteiger partial charge in [-0.15, -0.1) is 24.7 Å². The number of carbonyl (C=O) groups is 8. The summed E-state index contributed by atoms with van der Waals surface area (Å²) in [7, 11) is 0. The van der Waals surface area contributed by atoms with Crippen molar-refractivity contribution in [3.8, 4) is 24.7 Å². The number of hydrogen-bond acceptors (Lipinski definition) is 10. The van der Waals surface area contributed by atoms with Gasteiger partial charge in [-0.1, -0.05) is 27.2 Å². The van der Waals surface area contributed by atoms with Gasteiger partial charge in [0, 0.05) is 49.9 Å². The van der Waals surface area contributed by atoms with Gasteiger partial charge in [-0.3, -0.25) is 38.4 Å². The lowest BCUT2D eigenvalue weighted by Crippen LogP contribution is -2.47. The number of ketones is 3. The van der Waals surface area contributed by atoms with Crippen molar-refractivity contribution in [2.24, 2.45) is 35.1 Å². The summed E-state index contributed by atoms with van der Waals surface area (Å²) in [6.45, 7) is 8.33. The molecule has 0 aromatic heterocycles. The number of nitrogens with one attached hydrogen (secondary N) is 4. The largest absolute Gasteiger partial charge is 0.480 e. The number of nitrogens with two attached hydrogens (primary N) is 2. The van der Waals surface area contributed by atoms with Crippen LogP contribution >= 0.6 is 0 Å². The zero-order valence-corrected chi connectivity index (χ0v) is 31.8. The van der Waals surface area contributed by atoms with Crippen LogP contribution in [0.1, 0.15) is 105 Å². The molecule has 0 heterocycles. The highest BCUT2D eigenvalue weighted by Crippen LogP contribution is 2.18. The third kappa shape index (κ3) is 19.2. The molecule has 0 aliphatic carbocycles. The van der Waals surface area contributed by atoms with E-state index in [2.05, 4.69) is 33.1 Å². The van der Waals surface area contributed by atoms with Crippen molar-refractivity contribution in [3.05, 3.63) is 0 Å². The highest BCUT2D eigenvalue weighted by molar-refractivity contribution is 5.97. The molecule has 4 amide bonds. The van der Waals surface area contributed by atoms with Gasteiger partial charge in [0.2, 0.25) is 23.6 Å². The van der Waals surface area contributed by atoms with Crippen LogP contribution in [-0.2, 0) is 38.4 Å². The van der Waals surface area contributed by atoms with E-state index in [1.54, 1.807) is 13.8 Å². The summed E-state index contributed by atoms with van der Waals surface area (Å²) in [5.41, 5.74) is 11.2. The SMILES string of the molecule is C#CC[C@H](CC(=O)[C@H](CCCCN)NC(=O)C(C)C)C(=O)N[C@@H](C)C(=O)C[C@@H](CCCCN)C(=O)N[C@@H](CC#C)C(=O)C[C@@H](C)C(=O)N[C@@H](C)C(=O)O. The highest BCUT2D eigenvalue weighted by atomic mass is 16.4. The molecule has 0 aliphatic heterocycles. The van der Waals surface area contributed by atoms with Gasteiger partial charge in [-0.25, -0.2) is 0 Å². The monoisotopic (exact) mass is 744 g/mol. The van der Waals surface area contributed by atoms with Crippen molar-refractivity contribution in [1.82, 2.24) is 21.3 Å². The van der Waals surface area contributed by atoms with E-state index in [9.17, 15) is 38.4 Å². The van der Waals surface area contributed by atoms with E-state index in [1.807, 2.05) is 0 Å². The van der Waals surface area contributed by atoms with Gasteiger partial charge < -0.3 is 37.8 Å². The second kappa shape index (κ2) is 26.2. The molecular weight excluding hydrogens is 684 g/mol. The average molecular weight is 745 g/mol. The molecule has 53 heavy (non-hydrogen) atoms. The lowest BCUT2D eigenvalue weighted by Gasteiger charge is -2.24. The molecule has 0 spiro atoms. The zero-order valence-electron chi connectivity index (χ0n) is 31.8. The van der Waals surface area contributed by atoms with E-state index in [-0.39, 0.29) is 56.1 Å². The Morgan fingerprint density at radius 2 is 1.06 bits per heavy atom. The maximum atomic E-state index is 13.5. The molecule has 0 aliphatic rings. The predicted octanol–water partition coefficient (Wildman–Crippen LogP) is 0.757. The Labute approximate surface area is 313 Å². The molecule has 15 nitrogen and oxygen atoms in total. The van der Waals surface area contributed by atoms with Crippen LogP contribution in [0.15, 0.2) is 0 Å². The van der Waals surface area contributed by atoms with Gasteiger partial charge >= 0.3 is 5.97 Å². The topological polar surface area (TPSA) is 257 Å². The molecule has 0 fully saturated rings. The van der Waals surface area contributed by atoms with E-state index in [0.717, 1.165) is 0 Å². The Hall–Kier alpha value is -4.60. The Morgan fingerprint density at radius 1 is 0.566 bits per heavy atom. The fraction of sp³-hybridized carbons (Fsp3) is 0.684. The molecule has 296 valence electrons. The fourth-order valence-electron chi connectivity index (χ4n) is 5.23. The molecule has 0 radical (unpaired) electrons. The minimum atomic E-state index is -1.24. The Balaban J connectivity index is 5.78. The molecule has 0 aromatic rings. The summed E-state index contributed by atoms with van der Waals surface area (Å²) in [4.78, 5) is 103. The van der Waals surface area contributed by atoms with Crippen molar-refractivity contribution in [1.29, 1.82) is 0 Å². The van der Waals surface area contributed by atoms with Gasteiger partial charge in [0.05, 0.1) is 24.0 Å². The maximum absolute atomic E-state index is 13.5. The standard InChI is InChI=1S/C38H60N6O9/c1-8-14-27(22-33(47)30(17-11-13-19-40)43-34(48)23(3)4)36(50)41-25(6)31(45)21-28(16-10-12-18-39)37(51)44-29(15-9-2)32(46)20-24(5)35(49)42-26(7)38(52)53/h1-2,23-30H,10-22,39-40H2,3-7H3,(H,41,50)(H,42,49)(H,43,48)(H,44,51)(H,52,53)/t24-,25+,26+,27-,28-,29+,30+/m1/s1. The zero-order chi connectivity index (χ0) is 40.7. The van der Waals surface area contributed by atoms with E-state index in [0.29, 0.717) is 45.2 Å². The van der Waals surface area contributed by atoms with E-state index < -0.39 is 77.2 Å². The second-order valence-corrected chi connectivity index (χ2v) is 13.8. The van der Waals surface area contributed by atoms with Crippen LogP contribution < -0.4 is 32.7 Å². The predicted molar refractivity (Wildman–Crippen MR) is 199 cm³/mol. The van der Waals surface area contributed by atoms with E-state index in [1.165, 1.54) is 20.8 Å². The molecule has 0 rings (SSSR count). The number of aliphatic carboxylic acids is 1. The third-order valence-electron chi connectivity index (χ3n) is 8.74. The molecule has 7 atom stereocenters. The normalized spacial score (nSPS) is 14.8. The minimum Gasteiger partial charge on any atom is -0.480 e. The van der Waals surface area contributed by atoms with Crippen molar-refractivity contribution in [2.45, 2.75) is 129 Å². The quantitative estimate of drug-likeness (QED) is 0.0435. The van der Waals surface area contributed by atoms with Crippen LogP contribution in [0.25, 0.3) is 0 Å². The van der Waals surface area contributed by atoms with E-state index >= 15 is 0 Å². The average Bonchev–Trinajstić information content (AvgIpc) is 3.09. The molecule has 0 aromatic carbocycles. The van der Waals surface area contributed by atoms with Gasteiger partial charge in [0.15, 0.2) is 17.3 Å². The smallest absolute Gasteiger partial charge is 0.325 e. The van der Waals surface area contributed by atoms with Gasteiger partial charge in [-0.2, -0.15) is 0 Å². The molecule has 0 bridgehead atoms. The van der Waals surface area contributed by atoms with Gasteiger partial charge in [0.1, 0.15) is 6.04 Å². The Kier molecular flexibility index (Phi) is 23.9. The van der Waals surface area contributed by atoms with Crippen LogP contribution in [0.5, 0.6) is 0 Å². The number of carboxylic acid groups (broad SMARTS) is 1. The first-order valence-electron chi connectivity index (χ1n) is 18.2. The van der Waals surface area contributed by atoms with Crippen LogP contribution in [0, 0.1) is 48.4 Å².